The second kappa shape index (κ2) is 8.03. The van der Waals surface area contributed by atoms with Gasteiger partial charge in [-0.25, -0.2) is 0 Å². The third-order valence-electron chi connectivity index (χ3n) is 4.02. The van der Waals surface area contributed by atoms with Gasteiger partial charge in [0, 0.05) is 19.5 Å². The SMILES string of the molecule is CNCC1CCN(C(=O)CCCOc2ccccc2C)C1. The maximum atomic E-state index is 12.1. The molecule has 1 fully saturated rings. The lowest BCUT2D eigenvalue weighted by Gasteiger charge is -2.16. The van der Waals surface area contributed by atoms with E-state index in [0.717, 1.165) is 43.8 Å². The second-order valence-electron chi connectivity index (χ2n) is 5.77. The maximum Gasteiger partial charge on any atom is 0.222 e. The molecule has 1 aliphatic heterocycles. The molecule has 1 aliphatic rings. The largest absolute Gasteiger partial charge is 0.493 e. The zero-order valence-electron chi connectivity index (χ0n) is 13.1. The van der Waals surface area contributed by atoms with Gasteiger partial charge in [-0.1, -0.05) is 18.2 Å². The van der Waals surface area contributed by atoms with Crippen LogP contribution in [0.4, 0.5) is 0 Å². The molecule has 0 bridgehead atoms. The number of likely N-dealkylation sites (tertiary alicyclic amines) is 1. The standard InChI is InChI=1S/C17H26N2O2/c1-14-6-3-4-7-16(14)21-11-5-8-17(20)19-10-9-15(13-19)12-18-2/h3-4,6-7,15,18H,5,8-13H2,1-2H3. The van der Waals surface area contributed by atoms with E-state index >= 15 is 0 Å². The Morgan fingerprint density at radius 1 is 1.43 bits per heavy atom. The number of rotatable bonds is 7. The summed E-state index contributed by atoms with van der Waals surface area (Å²) < 4.78 is 5.73. The van der Waals surface area contributed by atoms with Crippen LogP contribution in [0.1, 0.15) is 24.8 Å². The highest BCUT2D eigenvalue weighted by Crippen LogP contribution is 2.18. The average Bonchev–Trinajstić information content (AvgIpc) is 2.94. The molecule has 4 nitrogen and oxygen atoms in total. The highest BCUT2D eigenvalue weighted by Gasteiger charge is 2.25. The predicted molar refractivity (Wildman–Crippen MR) is 84.5 cm³/mol. The molecule has 1 aromatic carbocycles. The zero-order chi connectivity index (χ0) is 15.1. The van der Waals surface area contributed by atoms with Crippen molar-refractivity contribution in [3.63, 3.8) is 0 Å². The summed E-state index contributed by atoms with van der Waals surface area (Å²) in [6, 6.07) is 7.98. The van der Waals surface area contributed by atoms with Crippen LogP contribution >= 0.6 is 0 Å². The number of benzene rings is 1. The van der Waals surface area contributed by atoms with Crippen LogP contribution in [0.5, 0.6) is 5.75 Å². The second-order valence-corrected chi connectivity index (χ2v) is 5.77. The summed E-state index contributed by atoms with van der Waals surface area (Å²) in [6.07, 6.45) is 2.48. The predicted octanol–water partition coefficient (Wildman–Crippen LogP) is 2.22. The Bertz CT molecular complexity index is 462. The highest BCUT2D eigenvalue weighted by molar-refractivity contribution is 5.76. The molecule has 0 aromatic heterocycles. The Morgan fingerprint density at radius 3 is 3.00 bits per heavy atom. The Labute approximate surface area is 127 Å². The fraction of sp³-hybridized carbons (Fsp3) is 0.588. The van der Waals surface area contributed by atoms with E-state index in [1.807, 2.05) is 43.1 Å². The van der Waals surface area contributed by atoms with E-state index in [4.69, 9.17) is 4.74 Å². The van der Waals surface area contributed by atoms with Gasteiger partial charge in [0.05, 0.1) is 6.61 Å². The van der Waals surface area contributed by atoms with Gasteiger partial charge >= 0.3 is 0 Å². The number of hydrogen-bond donors (Lipinski definition) is 1. The Balaban J connectivity index is 1.65. The van der Waals surface area contributed by atoms with Crippen LogP contribution in [0.3, 0.4) is 0 Å². The first-order valence-electron chi connectivity index (χ1n) is 7.81. The average molecular weight is 290 g/mol. The molecule has 0 saturated carbocycles. The molecule has 116 valence electrons. The normalized spacial score (nSPS) is 18.0. The molecule has 1 atom stereocenters. The molecular formula is C17H26N2O2. The quantitative estimate of drug-likeness (QED) is 0.783. The van der Waals surface area contributed by atoms with Gasteiger partial charge < -0.3 is 15.0 Å². The van der Waals surface area contributed by atoms with Gasteiger partial charge in [-0.05, 0) is 50.9 Å². The molecular weight excluding hydrogens is 264 g/mol. The van der Waals surface area contributed by atoms with Crippen molar-refractivity contribution in [1.82, 2.24) is 10.2 Å². The number of carbonyl (C=O) groups excluding carboxylic acids is 1. The van der Waals surface area contributed by atoms with Crippen LogP contribution in [0.15, 0.2) is 24.3 Å². The third kappa shape index (κ3) is 4.74. The highest BCUT2D eigenvalue weighted by atomic mass is 16.5. The summed E-state index contributed by atoms with van der Waals surface area (Å²) in [5, 5.41) is 3.19. The number of nitrogens with one attached hydrogen (secondary N) is 1. The minimum absolute atomic E-state index is 0.266. The van der Waals surface area contributed by atoms with Gasteiger partial charge in [0.15, 0.2) is 0 Å². The molecule has 0 spiro atoms. The van der Waals surface area contributed by atoms with Crippen molar-refractivity contribution < 1.29 is 9.53 Å². The van der Waals surface area contributed by atoms with E-state index in [0.29, 0.717) is 18.9 Å². The molecule has 4 heteroatoms. The van der Waals surface area contributed by atoms with Gasteiger partial charge in [0.1, 0.15) is 5.75 Å². The summed E-state index contributed by atoms with van der Waals surface area (Å²) in [5.41, 5.74) is 1.14. The van der Waals surface area contributed by atoms with Gasteiger partial charge in [0.2, 0.25) is 5.91 Å². The van der Waals surface area contributed by atoms with Crippen molar-refractivity contribution in [3.8, 4) is 5.75 Å². The van der Waals surface area contributed by atoms with Crippen molar-refractivity contribution in [2.45, 2.75) is 26.2 Å². The first-order valence-corrected chi connectivity index (χ1v) is 7.81. The van der Waals surface area contributed by atoms with Crippen molar-refractivity contribution in [3.05, 3.63) is 29.8 Å². The van der Waals surface area contributed by atoms with E-state index in [-0.39, 0.29) is 5.91 Å². The van der Waals surface area contributed by atoms with Crippen molar-refractivity contribution in [2.75, 3.05) is 33.3 Å². The van der Waals surface area contributed by atoms with Gasteiger partial charge in [-0.2, -0.15) is 0 Å². The smallest absolute Gasteiger partial charge is 0.222 e. The topological polar surface area (TPSA) is 41.6 Å². The lowest BCUT2D eigenvalue weighted by molar-refractivity contribution is -0.130. The molecule has 21 heavy (non-hydrogen) atoms. The zero-order valence-corrected chi connectivity index (χ0v) is 13.1. The fourth-order valence-corrected chi connectivity index (χ4v) is 2.80. The minimum Gasteiger partial charge on any atom is -0.493 e. The number of hydrogen-bond acceptors (Lipinski definition) is 3. The summed E-state index contributed by atoms with van der Waals surface area (Å²) >= 11 is 0. The van der Waals surface area contributed by atoms with E-state index in [2.05, 4.69) is 5.32 Å². The van der Waals surface area contributed by atoms with Crippen LogP contribution in [0.2, 0.25) is 0 Å². The summed E-state index contributed by atoms with van der Waals surface area (Å²) in [4.78, 5) is 14.1. The van der Waals surface area contributed by atoms with Crippen LogP contribution in [-0.2, 0) is 4.79 Å². The lowest BCUT2D eigenvalue weighted by atomic mass is 10.1. The number of carbonyl (C=O) groups is 1. The molecule has 1 heterocycles. The molecule has 1 unspecified atom stereocenters. The maximum absolute atomic E-state index is 12.1. The first-order chi connectivity index (χ1) is 10.2. The number of aryl methyl sites for hydroxylation is 1. The Kier molecular flexibility index (Phi) is 6.05. The monoisotopic (exact) mass is 290 g/mol. The first kappa shape index (κ1) is 15.8. The number of para-hydroxylation sites is 1. The van der Waals surface area contributed by atoms with Crippen molar-refractivity contribution in [2.24, 2.45) is 5.92 Å². The van der Waals surface area contributed by atoms with E-state index in [1.165, 1.54) is 0 Å². The van der Waals surface area contributed by atoms with Crippen molar-refractivity contribution >= 4 is 5.91 Å². The molecule has 0 aliphatic carbocycles. The van der Waals surface area contributed by atoms with E-state index in [1.54, 1.807) is 0 Å². The van der Waals surface area contributed by atoms with Gasteiger partial charge in [-0.3, -0.25) is 4.79 Å². The molecule has 1 amide bonds. The summed E-state index contributed by atoms with van der Waals surface area (Å²) in [5.74, 6) is 1.80. The minimum atomic E-state index is 0.266. The lowest BCUT2D eigenvalue weighted by Crippen LogP contribution is -2.30. The Hall–Kier alpha value is -1.55. The van der Waals surface area contributed by atoms with Crippen LogP contribution < -0.4 is 10.1 Å². The number of ether oxygens (including phenoxy) is 1. The van der Waals surface area contributed by atoms with E-state index in [9.17, 15) is 4.79 Å². The number of amides is 1. The molecule has 0 radical (unpaired) electrons. The van der Waals surface area contributed by atoms with Crippen LogP contribution in [-0.4, -0.2) is 44.1 Å². The summed E-state index contributed by atoms with van der Waals surface area (Å²) in [7, 11) is 1.97. The van der Waals surface area contributed by atoms with Crippen LogP contribution in [0, 0.1) is 12.8 Å². The number of nitrogens with zero attached hydrogens (tertiary/aromatic N) is 1. The molecule has 2 rings (SSSR count). The molecule has 1 saturated heterocycles. The van der Waals surface area contributed by atoms with Gasteiger partial charge in [-0.15, -0.1) is 0 Å². The van der Waals surface area contributed by atoms with Gasteiger partial charge in [0.25, 0.3) is 0 Å². The van der Waals surface area contributed by atoms with Crippen molar-refractivity contribution in [1.29, 1.82) is 0 Å². The van der Waals surface area contributed by atoms with Crippen LogP contribution in [0.25, 0.3) is 0 Å². The Morgan fingerprint density at radius 2 is 2.24 bits per heavy atom. The summed E-state index contributed by atoms with van der Waals surface area (Å²) in [6.45, 7) is 5.44. The van der Waals surface area contributed by atoms with E-state index < -0.39 is 0 Å². The fourth-order valence-electron chi connectivity index (χ4n) is 2.80. The third-order valence-corrected chi connectivity index (χ3v) is 4.02. The molecule has 1 N–H and O–H groups in total. The molecule has 1 aromatic rings.